The van der Waals surface area contributed by atoms with Crippen LogP contribution >= 0.6 is 24.4 Å². The van der Waals surface area contributed by atoms with E-state index in [4.69, 9.17) is 57.7 Å². The third-order valence-electron chi connectivity index (χ3n) is 10.2. The van der Waals surface area contributed by atoms with Crippen LogP contribution in [0.25, 0.3) is 0 Å². The van der Waals surface area contributed by atoms with Crippen LogP contribution < -0.4 is 45.5 Å². The maximum atomic E-state index is 12.1. The molecule has 3 aliphatic rings. The van der Waals surface area contributed by atoms with E-state index >= 15 is 0 Å². The summed E-state index contributed by atoms with van der Waals surface area (Å²) in [5.41, 5.74) is 24.6. The van der Waals surface area contributed by atoms with Gasteiger partial charge in [0.05, 0.1) is 44.2 Å². The maximum absolute atomic E-state index is 12.1. The van der Waals surface area contributed by atoms with Crippen molar-refractivity contribution in [2.45, 2.75) is 110 Å². The molecule has 65 heavy (non-hydrogen) atoms. The van der Waals surface area contributed by atoms with Gasteiger partial charge in [-0.05, 0) is 0 Å². The minimum atomic E-state index is -0.916. The van der Waals surface area contributed by atoms with Gasteiger partial charge < -0.3 is 56.8 Å². The second-order valence-electron chi connectivity index (χ2n) is 14.9. The van der Waals surface area contributed by atoms with Crippen LogP contribution in [0.5, 0.6) is 0 Å². The monoisotopic (exact) mass is 1030 g/mol. The molecular formula is C36H59N11O15S2Se. The zero-order valence-electron chi connectivity index (χ0n) is 35.0. The molecule has 0 aromatic carbocycles. The first-order valence-corrected chi connectivity index (χ1v) is 24.4. The Morgan fingerprint density at radius 2 is 1.12 bits per heavy atom. The number of nitrogens with zero attached hydrogens (tertiary/aromatic N) is 6. The molecule has 5 unspecified atom stereocenters. The van der Waals surface area contributed by atoms with Crippen LogP contribution in [-0.2, 0) is 31.8 Å². The van der Waals surface area contributed by atoms with Gasteiger partial charge in [-0.25, -0.2) is 15.1 Å². The first-order valence-electron chi connectivity index (χ1n) is 20.2. The van der Waals surface area contributed by atoms with Gasteiger partial charge in [-0.2, -0.15) is 34.4 Å². The van der Waals surface area contributed by atoms with Crippen LogP contribution in [0.4, 0.5) is 17.5 Å². The summed E-state index contributed by atoms with van der Waals surface area (Å²) in [4.78, 5) is 46.9. The molecular weight excluding hydrogens is 970 g/mol. The second-order valence-corrected chi connectivity index (χ2v) is 18.6. The number of aromatic nitrogens is 6. The third-order valence-corrected chi connectivity index (χ3v) is 13.9. The standard InChI is InChI=1S/C14H23N3O6S2.C12H20N4O4Se.C10H16N4O5/c15-13-7(5-25-6-10(21)9(20)4-24)2-17(14(22)16-13)12-1-8(19)11(3-18)23-12;13-1-2-21-6-7-4-16(12(19)15-11(7)14)10-3-8(18)9(5-17)20-10;11-9-5(2-12-18)3-14(10(17)13-9)8-1-6(16)7(4-15)19-8/h2,8-12,18-21,24H,1,3-6H2,(H2,15,16,22);4,8-10,17-18H,1-3,5-6,13H2,(H2,14,15,19);3,6-8,12,15-16,18H,1-2,4H2,(H2,11,13,17)/t8?,9?,10?,11-,12-;8?,9-,10-;6?,7-,8-/m111/s1. The number of anilines is 3. The number of hydrogen-bond acceptors (Lipinski definition) is 25. The SMILES string of the molecule is NCC[Se]Cc1cn([C@H]2CC(O)[C@@H](CO)O2)c(=O)nc1N.Nc1nc(=O)n([C@H]2CC(O)[C@@H](CO)O2)cc1CNO.Nc1nc(=O)n([C@H]2CC(O)[C@@H](CO)O2)cc1CSCC(O)C(O)CS. The Balaban J connectivity index is 0.000000216. The molecule has 0 aliphatic carbocycles. The Bertz CT molecular complexity index is 2150. The van der Waals surface area contributed by atoms with Crippen LogP contribution in [0.1, 0.15) is 54.6 Å². The fourth-order valence-electron chi connectivity index (χ4n) is 6.57. The predicted octanol–water partition coefficient (Wildman–Crippen LogP) is -5.66. The number of rotatable bonds is 18. The Morgan fingerprint density at radius 3 is 1.51 bits per heavy atom. The Labute approximate surface area is 387 Å². The molecule has 0 saturated carbocycles. The number of aliphatic hydroxyl groups excluding tert-OH is 8. The summed E-state index contributed by atoms with van der Waals surface area (Å²) in [5.74, 6) is 1.12. The zero-order valence-corrected chi connectivity index (χ0v) is 38.4. The number of nitrogen functional groups attached to an aromatic ring is 3. The van der Waals surface area contributed by atoms with E-state index in [1.54, 1.807) is 6.20 Å². The Kier molecular flexibility index (Phi) is 22.0. The molecule has 0 bridgehead atoms. The number of thiol groups is 1. The van der Waals surface area contributed by atoms with E-state index in [1.807, 2.05) is 5.48 Å². The third kappa shape index (κ3) is 14.8. The van der Waals surface area contributed by atoms with Crippen molar-refractivity contribution in [2.75, 3.05) is 55.1 Å². The number of nitrogens with one attached hydrogen (secondary N) is 1. The van der Waals surface area contributed by atoms with Crippen molar-refractivity contribution in [3.8, 4) is 0 Å². The molecule has 18 N–H and O–H groups in total. The van der Waals surface area contributed by atoms with Gasteiger partial charge in [-0.1, -0.05) is 0 Å². The molecule has 366 valence electrons. The Morgan fingerprint density at radius 1 is 0.723 bits per heavy atom. The van der Waals surface area contributed by atoms with E-state index in [-0.39, 0.29) is 74.6 Å². The number of hydrogen-bond donors (Lipinski definition) is 15. The number of thioether (sulfide) groups is 1. The first-order chi connectivity index (χ1) is 31.0. The van der Waals surface area contributed by atoms with Crippen LogP contribution in [-0.4, -0.2) is 176 Å². The molecule has 11 atom stereocenters. The molecule has 3 fully saturated rings. The van der Waals surface area contributed by atoms with Crippen molar-refractivity contribution >= 4 is 56.8 Å². The van der Waals surface area contributed by atoms with Gasteiger partial charge in [0.1, 0.15) is 36.3 Å². The molecule has 26 nitrogen and oxygen atoms in total. The molecule has 3 aliphatic heterocycles. The quantitative estimate of drug-likeness (QED) is 0.0244. The fraction of sp³-hybridized carbons (Fsp3) is 0.667. The van der Waals surface area contributed by atoms with E-state index in [0.29, 0.717) is 38.4 Å². The van der Waals surface area contributed by atoms with Gasteiger partial charge in [-0.3, -0.25) is 9.13 Å². The summed E-state index contributed by atoms with van der Waals surface area (Å²) in [6.07, 6.45) is -3.43. The summed E-state index contributed by atoms with van der Waals surface area (Å²) < 4.78 is 20.1. The average molecular weight is 1030 g/mol. The van der Waals surface area contributed by atoms with Gasteiger partial charge in [0.15, 0.2) is 0 Å². The van der Waals surface area contributed by atoms with E-state index in [2.05, 4.69) is 27.6 Å². The van der Waals surface area contributed by atoms with Gasteiger partial charge in [-0.15, -0.1) is 0 Å². The Hall–Kier alpha value is -3.30. The number of nitrogens with two attached hydrogens (primary N) is 4. The zero-order chi connectivity index (χ0) is 48.0. The van der Waals surface area contributed by atoms with Crippen LogP contribution in [0.3, 0.4) is 0 Å². The molecule has 29 heteroatoms. The molecule has 6 rings (SSSR count). The molecule has 3 aromatic rings. The summed E-state index contributed by atoms with van der Waals surface area (Å²) in [7, 11) is 0. The van der Waals surface area contributed by atoms with Crippen molar-refractivity contribution in [3.63, 3.8) is 0 Å². The average Bonchev–Trinajstić information content (AvgIpc) is 3.97. The van der Waals surface area contributed by atoms with Gasteiger partial charge >= 0.3 is 139 Å². The van der Waals surface area contributed by atoms with Crippen molar-refractivity contribution in [1.82, 2.24) is 34.1 Å². The topological polar surface area (TPSA) is 431 Å². The normalized spacial score (nSPS) is 26.0. The summed E-state index contributed by atoms with van der Waals surface area (Å²) >= 11 is 5.55. The van der Waals surface area contributed by atoms with Crippen LogP contribution in [0.15, 0.2) is 33.0 Å². The van der Waals surface area contributed by atoms with E-state index in [1.165, 1.54) is 37.9 Å². The molecule has 0 radical (unpaired) electrons. The molecule has 3 saturated heterocycles. The van der Waals surface area contributed by atoms with E-state index < -0.39 is 84.6 Å². The van der Waals surface area contributed by atoms with Crippen molar-refractivity contribution in [2.24, 2.45) is 5.73 Å². The number of hydroxylamine groups is 1. The first kappa shape index (κ1) is 54.3. The fourth-order valence-corrected chi connectivity index (χ4v) is 9.41. The van der Waals surface area contributed by atoms with E-state index in [9.17, 15) is 39.9 Å². The smallest absolute Gasteiger partial charge is 0.351 e. The maximum Gasteiger partial charge on any atom is 0.351 e. The predicted molar refractivity (Wildman–Crippen MR) is 238 cm³/mol. The minimum absolute atomic E-state index is 0.0139. The summed E-state index contributed by atoms with van der Waals surface area (Å²) in [6, 6.07) is 0. The van der Waals surface area contributed by atoms with Gasteiger partial charge in [0.2, 0.25) is 0 Å². The van der Waals surface area contributed by atoms with Gasteiger partial charge in [0.25, 0.3) is 0 Å². The van der Waals surface area contributed by atoms with Crippen LogP contribution in [0, 0.1) is 0 Å². The van der Waals surface area contributed by atoms with Crippen molar-refractivity contribution < 1.29 is 60.3 Å². The number of ether oxygens (including phenoxy) is 3. The molecule has 0 spiro atoms. The molecule has 3 aromatic heterocycles. The van der Waals surface area contributed by atoms with Gasteiger partial charge in [0, 0.05) is 53.6 Å². The molecule has 0 amide bonds. The largest absolute Gasteiger partial charge is 0.394 e. The minimum Gasteiger partial charge on any atom is -0.394 e. The molecule has 6 heterocycles. The summed E-state index contributed by atoms with van der Waals surface area (Å²) in [6.45, 7) is -0.315. The van der Waals surface area contributed by atoms with Crippen LogP contribution in [0.2, 0.25) is 5.32 Å². The number of aliphatic hydroxyl groups is 8. The van der Waals surface area contributed by atoms with Crippen molar-refractivity contribution in [1.29, 1.82) is 0 Å². The summed E-state index contributed by atoms with van der Waals surface area (Å²) in [5, 5.41) is 86.0. The van der Waals surface area contributed by atoms with Crippen molar-refractivity contribution in [3.05, 3.63) is 66.7 Å². The van der Waals surface area contributed by atoms with E-state index in [0.717, 1.165) is 16.2 Å². The second kappa shape index (κ2) is 26.3.